The second-order valence-corrected chi connectivity index (χ2v) is 10.9. The normalized spacial score (nSPS) is 18.6. The molecule has 0 spiro atoms. The van der Waals surface area contributed by atoms with Crippen molar-refractivity contribution in [1.29, 1.82) is 0 Å². The maximum atomic E-state index is 13.6. The summed E-state index contributed by atoms with van der Waals surface area (Å²) in [5.74, 6) is -1.27. The average molecular weight is 497 g/mol. The van der Waals surface area contributed by atoms with Gasteiger partial charge in [-0.25, -0.2) is 25.1 Å². The lowest BCUT2D eigenvalue weighted by Crippen LogP contribution is -2.42. The van der Waals surface area contributed by atoms with Crippen molar-refractivity contribution >= 4 is 36.4 Å². The first-order valence-corrected chi connectivity index (χ1v) is 13.1. The molecule has 1 aliphatic rings. The van der Waals surface area contributed by atoms with E-state index in [0.29, 0.717) is 17.7 Å². The third kappa shape index (κ3) is 6.95. The van der Waals surface area contributed by atoms with E-state index in [9.17, 15) is 14.2 Å². The molecule has 1 aliphatic carbocycles. The van der Waals surface area contributed by atoms with Crippen molar-refractivity contribution in [2.45, 2.75) is 77.3 Å². The molecule has 2 aromatic rings. The number of nitrogens with one attached hydrogen (secondary N) is 2. The van der Waals surface area contributed by atoms with Crippen molar-refractivity contribution in [3.8, 4) is 0 Å². The molecule has 5 N–H and O–H groups in total. The number of aromatic nitrogens is 4. The van der Waals surface area contributed by atoms with Gasteiger partial charge in [-0.3, -0.25) is 14.2 Å². The molecule has 0 unspecified atom stereocenters. The molecule has 4 atom stereocenters. The van der Waals surface area contributed by atoms with Gasteiger partial charge < -0.3 is 24.9 Å². The Morgan fingerprint density at radius 2 is 2.00 bits per heavy atom. The zero-order valence-electron chi connectivity index (χ0n) is 19.5. The molecule has 0 saturated heterocycles. The molecule has 0 amide bonds. The first-order chi connectivity index (χ1) is 16.1. The number of esters is 1. The minimum Gasteiger partial charge on any atom is -0.481 e. The number of hydrogen-bond donors (Lipinski definition) is 4. The number of ether oxygens (including phenoxy) is 2. The van der Waals surface area contributed by atoms with Crippen molar-refractivity contribution in [2.24, 2.45) is 0 Å². The Morgan fingerprint density at radius 3 is 2.65 bits per heavy atom. The molecular formula is C20H32N7O6P. The van der Waals surface area contributed by atoms with Crippen molar-refractivity contribution < 1.29 is 28.7 Å². The van der Waals surface area contributed by atoms with E-state index in [4.69, 9.17) is 20.3 Å². The van der Waals surface area contributed by atoms with E-state index in [-0.39, 0.29) is 24.7 Å². The number of rotatable bonds is 13. The Bertz CT molecular complexity index is 1060. The van der Waals surface area contributed by atoms with Gasteiger partial charge in [-0.05, 0) is 40.0 Å². The van der Waals surface area contributed by atoms with E-state index in [1.807, 2.05) is 0 Å². The van der Waals surface area contributed by atoms with Crippen LogP contribution >= 0.6 is 7.44 Å². The molecule has 3 rings (SSSR count). The van der Waals surface area contributed by atoms with Gasteiger partial charge in [0.25, 0.3) is 0 Å². The Kier molecular flexibility index (Phi) is 8.58. The summed E-state index contributed by atoms with van der Waals surface area (Å²) in [6, 6.07) is -1.49. The van der Waals surface area contributed by atoms with Crippen molar-refractivity contribution in [3.05, 3.63) is 12.7 Å². The lowest BCUT2D eigenvalue weighted by atomic mass is 9.96. The number of carboxylic acids is 1. The fourth-order valence-electron chi connectivity index (χ4n) is 3.49. The molecule has 0 aromatic carbocycles. The van der Waals surface area contributed by atoms with Gasteiger partial charge in [0.1, 0.15) is 30.3 Å². The molecule has 2 heterocycles. The third-order valence-corrected chi connectivity index (χ3v) is 7.60. The fraction of sp³-hybridized carbons (Fsp3) is 0.650. The molecule has 34 heavy (non-hydrogen) atoms. The largest absolute Gasteiger partial charge is 0.481 e. The van der Waals surface area contributed by atoms with Crippen LogP contribution in [0.3, 0.4) is 0 Å². The van der Waals surface area contributed by atoms with Crippen molar-refractivity contribution in [1.82, 2.24) is 29.7 Å². The molecule has 188 valence electrons. The average Bonchev–Trinajstić information content (AvgIpc) is 3.12. The number of anilines is 1. The monoisotopic (exact) mass is 497 g/mol. The summed E-state index contributed by atoms with van der Waals surface area (Å²) in [5, 5.41) is 14.7. The SMILES string of the molecule is C[C@H](CC(=O)O)N[P@](=O)(CO[C@H](C)Cn1cnc2c(N)ncnc21)N[C@H](C)C(=O)OC1CCC1. The van der Waals surface area contributed by atoms with E-state index in [1.165, 1.54) is 6.33 Å². The highest BCUT2D eigenvalue weighted by Crippen LogP contribution is 2.38. The smallest absolute Gasteiger partial charge is 0.323 e. The summed E-state index contributed by atoms with van der Waals surface area (Å²) < 4.78 is 26.6. The van der Waals surface area contributed by atoms with Gasteiger partial charge in [0, 0.05) is 6.04 Å². The van der Waals surface area contributed by atoms with Crippen LogP contribution in [0.1, 0.15) is 46.5 Å². The van der Waals surface area contributed by atoms with Crippen LogP contribution in [0.15, 0.2) is 12.7 Å². The summed E-state index contributed by atoms with van der Waals surface area (Å²) in [5.41, 5.74) is 6.84. The molecule has 0 bridgehead atoms. The van der Waals surface area contributed by atoms with E-state index in [2.05, 4.69) is 25.1 Å². The second-order valence-electron chi connectivity index (χ2n) is 8.64. The third-order valence-electron chi connectivity index (χ3n) is 5.42. The minimum absolute atomic E-state index is 0.103. The summed E-state index contributed by atoms with van der Waals surface area (Å²) in [4.78, 5) is 35.8. The van der Waals surface area contributed by atoms with Crippen molar-refractivity contribution in [2.75, 3.05) is 12.1 Å². The van der Waals surface area contributed by atoms with Gasteiger partial charge in [-0.1, -0.05) is 0 Å². The van der Waals surface area contributed by atoms with Crippen LogP contribution in [-0.4, -0.2) is 67.2 Å². The molecule has 0 radical (unpaired) electrons. The second kappa shape index (κ2) is 11.2. The number of hydrogen-bond acceptors (Lipinski definition) is 9. The first kappa shape index (κ1) is 26.0. The minimum atomic E-state index is -3.53. The molecule has 13 nitrogen and oxygen atoms in total. The molecule has 1 saturated carbocycles. The zero-order valence-corrected chi connectivity index (χ0v) is 20.4. The maximum absolute atomic E-state index is 13.6. The highest BCUT2D eigenvalue weighted by Gasteiger charge is 2.32. The Labute approximate surface area is 197 Å². The van der Waals surface area contributed by atoms with Gasteiger partial charge in [-0.15, -0.1) is 0 Å². The van der Waals surface area contributed by atoms with E-state index in [0.717, 1.165) is 19.3 Å². The summed E-state index contributed by atoms with van der Waals surface area (Å²) in [7, 11) is -3.53. The van der Waals surface area contributed by atoms with Crippen LogP contribution in [0.4, 0.5) is 5.82 Å². The number of aliphatic carboxylic acids is 1. The van der Waals surface area contributed by atoms with Crippen LogP contribution < -0.4 is 15.9 Å². The number of nitrogen functional groups attached to an aromatic ring is 1. The molecular weight excluding hydrogens is 465 g/mol. The summed E-state index contributed by atoms with van der Waals surface area (Å²) in [6.07, 6.45) is 4.53. The number of nitrogens with zero attached hydrogens (tertiary/aromatic N) is 4. The lowest BCUT2D eigenvalue weighted by Gasteiger charge is -2.30. The van der Waals surface area contributed by atoms with Crippen LogP contribution in [0.2, 0.25) is 0 Å². The maximum Gasteiger partial charge on any atom is 0.323 e. The standard InChI is InChI=1S/C20H32N7O6P/c1-12(7-16(28)29)25-34(31,26-14(3)20(30)33-15-5-4-6-15)11-32-13(2)8-27-10-24-17-18(21)22-9-23-19(17)27/h9-10,12-15H,4-8,11H2,1-3H3,(H,28,29)(H2,21,22,23)(H2,25,26,31)/t12-,13-,14-,34-/m1/s1. The number of carboxylic acid groups (broad SMARTS) is 1. The van der Waals surface area contributed by atoms with Gasteiger partial charge in [0.15, 0.2) is 11.5 Å². The first-order valence-electron chi connectivity index (χ1n) is 11.2. The van der Waals surface area contributed by atoms with E-state index < -0.39 is 37.6 Å². The fourth-order valence-corrected chi connectivity index (χ4v) is 5.71. The number of fused-ring (bicyclic) bond motifs is 1. The highest BCUT2D eigenvalue weighted by atomic mass is 31.2. The topological polar surface area (TPSA) is 184 Å². The van der Waals surface area contributed by atoms with Gasteiger partial charge >= 0.3 is 11.9 Å². The quantitative estimate of drug-likeness (QED) is 0.231. The Hall–Kier alpha value is -2.60. The van der Waals surface area contributed by atoms with Gasteiger partial charge in [0.05, 0.1) is 25.4 Å². The summed E-state index contributed by atoms with van der Waals surface area (Å²) >= 11 is 0. The predicted octanol–water partition coefficient (Wildman–Crippen LogP) is 1.49. The molecule has 0 aliphatic heterocycles. The highest BCUT2D eigenvalue weighted by molar-refractivity contribution is 7.59. The summed E-state index contributed by atoms with van der Waals surface area (Å²) in [6.45, 7) is 5.29. The Morgan fingerprint density at radius 1 is 1.26 bits per heavy atom. The van der Waals surface area contributed by atoms with E-state index >= 15 is 0 Å². The van der Waals surface area contributed by atoms with Gasteiger partial charge in [0.2, 0.25) is 7.44 Å². The molecule has 1 fully saturated rings. The van der Waals surface area contributed by atoms with E-state index in [1.54, 1.807) is 31.7 Å². The van der Waals surface area contributed by atoms with Crippen LogP contribution in [0.25, 0.3) is 11.2 Å². The zero-order chi connectivity index (χ0) is 24.9. The lowest BCUT2D eigenvalue weighted by molar-refractivity contribution is -0.154. The predicted molar refractivity (Wildman–Crippen MR) is 124 cm³/mol. The van der Waals surface area contributed by atoms with Crippen LogP contribution in [0.5, 0.6) is 0 Å². The Balaban J connectivity index is 1.64. The number of nitrogens with two attached hydrogens (primary N) is 1. The number of imidazole rings is 1. The number of carbonyl (C=O) groups excluding carboxylic acids is 1. The van der Waals surface area contributed by atoms with Crippen LogP contribution in [0, 0.1) is 0 Å². The van der Waals surface area contributed by atoms with Crippen LogP contribution in [-0.2, 0) is 30.2 Å². The van der Waals surface area contributed by atoms with Crippen molar-refractivity contribution in [3.63, 3.8) is 0 Å². The van der Waals surface area contributed by atoms with Gasteiger partial charge in [-0.2, -0.15) is 0 Å². The molecule has 2 aromatic heterocycles. The molecule has 14 heteroatoms. The number of carbonyl (C=O) groups is 2.